The van der Waals surface area contributed by atoms with Crippen molar-refractivity contribution in [1.29, 1.82) is 0 Å². The van der Waals surface area contributed by atoms with Crippen molar-refractivity contribution in [2.45, 2.75) is 24.7 Å². The first-order valence-electron chi connectivity index (χ1n) is 8.93. The van der Waals surface area contributed by atoms with Crippen molar-refractivity contribution >= 4 is 33.4 Å². The number of aromatic nitrogens is 3. The summed E-state index contributed by atoms with van der Waals surface area (Å²) in [4.78, 5) is 4.56. The average molecular weight is 459 g/mol. The van der Waals surface area contributed by atoms with Crippen LogP contribution in [0.3, 0.4) is 0 Å². The molecule has 0 aliphatic carbocycles. The van der Waals surface area contributed by atoms with E-state index in [4.69, 9.17) is 9.47 Å². The summed E-state index contributed by atoms with van der Waals surface area (Å²) in [5, 5.41) is 12.6. The molecule has 1 aliphatic rings. The third-order valence-corrected chi connectivity index (χ3v) is 5.27. The Kier molecular flexibility index (Phi) is 5.68. The van der Waals surface area contributed by atoms with E-state index < -0.39 is 6.23 Å². The normalized spacial score (nSPS) is 14.9. The molecule has 144 valence electrons. The molecule has 0 fully saturated rings. The quantitative estimate of drug-likeness (QED) is 0.519. The highest BCUT2D eigenvalue weighted by Gasteiger charge is 2.28. The van der Waals surface area contributed by atoms with Gasteiger partial charge >= 0.3 is 0 Å². The summed E-state index contributed by atoms with van der Waals surface area (Å²) >= 11 is 4.96. The van der Waals surface area contributed by atoms with Crippen LogP contribution < -0.4 is 14.8 Å². The van der Waals surface area contributed by atoms with Crippen molar-refractivity contribution in [2.75, 3.05) is 18.2 Å². The van der Waals surface area contributed by atoms with Gasteiger partial charge in [0, 0.05) is 15.7 Å². The van der Waals surface area contributed by atoms with Crippen LogP contribution in [-0.4, -0.2) is 28.0 Å². The fourth-order valence-electron chi connectivity index (χ4n) is 2.94. The molecule has 6 nitrogen and oxygen atoms in total. The minimum atomic E-state index is -0.472. The highest BCUT2D eigenvalue weighted by atomic mass is 79.9. The van der Waals surface area contributed by atoms with Crippen LogP contribution in [0.5, 0.6) is 11.6 Å². The van der Waals surface area contributed by atoms with E-state index in [1.54, 1.807) is 0 Å². The van der Waals surface area contributed by atoms with E-state index in [-0.39, 0.29) is 0 Å². The number of nitrogens with zero attached hydrogens (tertiary/aromatic N) is 3. The standard InChI is InChI=1S/C20H19BrN4O2S/c1-3-10-26-16-7-5-4-6-13(16)18-22-15-9-8-12(21)11-14(15)17-19(27-18)23-20(28-2)25-24-17/h4-9,11,18,22H,3,10H2,1-2H3. The van der Waals surface area contributed by atoms with Gasteiger partial charge in [0.15, 0.2) is 5.69 Å². The number of anilines is 1. The first-order chi connectivity index (χ1) is 13.7. The van der Waals surface area contributed by atoms with Crippen LogP contribution in [0.1, 0.15) is 25.1 Å². The number of nitrogens with one attached hydrogen (secondary N) is 1. The number of hydrogen-bond acceptors (Lipinski definition) is 7. The molecule has 2 heterocycles. The average Bonchev–Trinajstić information content (AvgIpc) is 2.88. The van der Waals surface area contributed by atoms with Crippen molar-refractivity contribution in [3.05, 3.63) is 52.5 Å². The fraction of sp³-hybridized carbons (Fsp3) is 0.250. The lowest BCUT2D eigenvalue weighted by molar-refractivity contribution is 0.215. The van der Waals surface area contributed by atoms with Crippen LogP contribution in [0, 0.1) is 0 Å². The lowest BCUT2D eigenvalue weighted by Gasteiger charge is -2.21. The van der Waals surface area contributed by atoms with Crippen LogP contribution in [0.15, 0.2) is 52.1 Å². The Bertz CT molecular complexity index is 1000. The SMILES string of the molecule is CCCOc1ccccc1C1Nc2ccc(Br)cc2-c2nnc(SC)nc2O1. The Morgan fingerprint density at radius 3 is 2.89 bits per heavy atom. The van der Waals surface area contributed by atoms with Gasteiger partial charge in [-0.15, -0.1) is 10.2 Å². The molecule has 0 bridgehead atoms. The van der Waals surface area contributed by atoms with Crippen LogP contribution in [0.25, 0.3) is 11.3 Å². The van der Waals surface area contributed by atoms with E-state index in [0.29, 0.717) is 23.3 Å². The predicted octanol–water partition coefficient (Wildman–Crippen LogP) is 5.31. The molecule has 4 rings (SSSR count). The van der Waals surface area contributed by atoms with Crippen molar-refractivity contribution in [1.82, 2.24) is 15.2 Å². The summed E-state index contributed by atoms with van der Waals surface area (Å²) in [6.45, 7) is 2.73. The highest BCUT2D eigenvalue weighted by molar-refractivity contribution is 9.10. The summed E-state index contributed by atoms with van der Waals surface area (Å²) in [5.41, 5.74) is 3.29. The van der Waals surface area contributed by atoms with Crippen LogP contribution in [0.2, 0.25) is 0 Å². The Morgan fingerprint density at radius 2 is 2.07 bits per heavy atom. The Balaban J connectivity index is 1.83. The van der Waals surface area contributed by atoms with Crippen molar-refractivity contribution in [3.63, 3.8) is 0 Å². The number of hydrogen-bond donors (Lipinski definition) is 1. The number of fused-ring (bicyclic) bond motifs is 3. The molecule has 1 aliphatic heterocycles. The number of thioether (sulfide) groups is 1. The minimum absolute atomic E-state index is 0.444. The van der Waals surface area contributed by atoms with Gasteiger partial charge in [0.25, 0.3) is 0 Å². The Labute approximate surface area is 176 Å². The van der Waals surface area contributed by atoms with Crippen molar-refractivity contribution in [3.8, 4) is 22.9 Å². The molecule has 1 atom stereocenters. The second-order valence-electron chi connectivity index (χ2n) is 6.17. The first-order valence-corrected chi connectivity index (χ1v) is 10.9. The van der Waals surface area contributed by atoms with E-state index in [1.807, 2.05) is 48.7 Å². The largest absolute Gasteiger partial charge is 0.493 e. The summed E-state index contributed by atoms with van der Waals surface area (Å²) in [6, 6.07) is 13.8. The molecule has 28 heavy (non-hydrogen) atoms. The molecule has 0 amide bonds. The Morgan fingerprint density at radius 1 is 1.21 bits per heavy atom. The third kappa shape index (κ3) is 3.79. The lowest BCUT2D eigenvalue weighted by atomic mass is 10.1. The molecule has 1 aromatic heterocycles. The zero-order valence-corrected chi connectivity index (χ0v) is 17.9. The molecule has 1 unspecified atom stereocenters. The maximum Gasteiger partial charge on any atom is 0.247 e. The van der Waals surface area contributed by atoms with Gasteiger partial charge in [-0.3, -0.25) is 0 Å². The second kappa shape index (κ2) is 8.36. The summed E-state index contributed by atoms with van der Waals surface area (Å²) in [6.07, 6.45) is 2.37. The first kappa shape index (κ1) is 19.0. The molecular formula is C20H19BrN4O2S. The van der Waals surface area contributed by atoms with Gasteiger partial charge in [0.1, 0.15) is 5.75 Å². The van der Waals surface area contributed by atoms with Gasteiger partial charge in [0.2, 0.25) is 17.3 Å². The highest BCUT2D eigenvalue weighted by Crippen LogP contribution is 2.42. The Hall–Kier alpha value is -2.32. The smallest absolute Gasteiger partial charge is 0.247 e. The van der Waals surface area contributed by atoms with Gasteiger partial charge in [-0.05, 0) is 43.0 Å². The number of rotatable bonds is 5. The molecule has 8 heteroatoms. The molecule has 0 spiro atoms. The molecular weight excluding hydrogens is 440 g/mol. The molecule has 0 saturated heterocycles. The number of halogens is 1. The second-order valence-corrected chi connectivity index (χ2v) is 7.86. The number of benzene rings is 2. The van der Waals surface area contributed by atoms with Crippen molar-refractivity contribution in [2.24, 2.45) is 0 Å². The van der Waals surface area contributed by atoms with Crippen molar-refractivity contribution < 1.29 is 9.47 Å². The monoisotopic (exact) mass is 458 g/mol. The third-order valence-electron chi connectivity index (χ3n) is 4.23. The molecule has 0 radical (unpaired) electrons. The van der Waals surface area contributed by atoms with Crippen LogP contribution in [-0.2, 0) is 0 Å². The molecule has 0 saturated carbocycles. The summed E-state index contributed by atoms with van der Waals surface area (Å²) in [7, 11) is 0. The van der Waals surface area contributed by atoms with Gasteiger partial charge in [-0.25, -0.2) is 0 Å². The topological polar surface area (TPSA) is 69.2 Å². The lowest BCUT2D eigenvalue weighted by Crippen LogP contribution is -2.18. The van der Waals surface area contributed by atoms with Gasteiger partial charge in [-0.1, -0.05) is 46.7 Å². The molecule has 2 aromatic carbocycles. The summed E-state index contributed by atoms with van der Waals surface area (Å²) < 4.78 is 13.2. The van der Waals surface area contributed by atoms with Gasteiger partial charge < -0.3 is 14.8 Å². The van der Waals surface area contributed by atoms with E-state index in [0.717, 1.165) is 33.5 Å². The minimum Gasteiger partial charge on any atom is -0.493 e. The molecule has 3 aromatic rings. The summed E-state index contributed by atoms with van der Waals surface area (Å²) in [5.74, 6) is 1.23. The predicted molar refractivity (Wildman–Crippen MR) is 114 cm³/mol. The van der Waals surface area contributed by atoms with Crippen LogP contribution >= 0.6 is 27.7 Å². The van der Waals surface area contributed by atoms with Gasteiger partial charge in [-0.2, -0.15) is 4.98 Å². The van der Waals surface area contributed by atoms with E-state index >= 15 is 0 Å². The van der Waals surface area contributed by atoms with Gasteiger partial charge in [0.05, 0.1) is 12.2 Å². The maximum absolute atomic E-state index is 6.30. The zero-order valence-electron chi connectivity index (χ0n) is 15.5. The van der Waals surface area contributed by atoms with Crippen LogP contribution in [0.4, 0.5) is 5.69 Å². The number of para-hydroxylation sites is 1. The van der Waals surface area contributed by atoms with E-state index in [2.05, 4.69) is 43.4 Å². The van der Waals surface area contributed by atoms with E-state index in [1.165, 1.54) is 11.8 Å². The maximum atomic E-state index is 6.30. The zero-order chi connectivity index (χ0) is 19.5. The molecule has 1 N–H and O–H groups in total. The van der Waals surface area contributed by atoms with E-state index in [9.17, 15) is 0 Å². The number of ether oxygens (including phenoxy) is 2. The fourth-order valence-corrected chi connectivity index (χ4v) is 3.60.